The summed E-state index contributed by atoms with van der Waals surface area (Å²) in [6.07, 6.45) is 1.07. The first-order valence-corrected chi connectivity index (χ1v) is 10.2. The highest BCUT2D eigenvalue weighted by Gasteiger charge is 2.23. The first-order valence-electron chi connectivity index (χ1n) is 10.2. The van der Waals surface area contributed by atoms with Crippen LogP contribution in [0.1, 0.15) is 39.3 Å². The number of carbonyl (C=O) groups is 2. The van der Waals surface area contributed by atoms with E-state index < -0.39 is 11.7 Å². The zero-order valence-corrected chi connectivity index (χ0v) is 17.6. The number of anilines is 1. The van der Waals surface area contributed by atoms with Crippen LogP contribution in [0.25, 0.3) is 10.9 Å². The Balaban J connectivity index is 1.54. The van der Waals surface area contributed by atoms with Crippen LogP contribution in [0.3, 0.4) is 0 Å². The Morgan fingerprint density at radius 3 is 2.47 bits per heavy atom. The van der Waals surface area contributed by atoms with E-state index in [1.54, 1.807) is 9.47 Å². The molecule has 4 rings (SSSR count). The summed E-state index contributed by atoms with van der Waals surface area (Å²) in [5.41, 5.74) is 1.79. The lowest BCUT2D eigenvalue weighted by molar-refractivity contribution is -0.117. The number of para-hydroxylation sites is 1. The molecule has 1 aromatic heterocycles. The number of carbonyl (C=O) groups excluding carboxylic acids is 2. The Bertz CT molecular complexity index is 1080. The number of nitrogens with zero attached hydrogens (tertiary/aromatic N) is 2. The van der Waals surface area contributed by atoms with Gasteiger partial charge in [-0.15, -0.1) is 0 Å². The highest BCUT2D eigenvalue weighted by molar-refractivity contribution is 5.95. The SMILES string of the molecule is CC(C)(C)OC(=O)n1c(COc2ccc(N3CCCC3=O)cc2)cc2ccccc21. The molecule has 0 N–H and O–H groups in total. The first-order chi connectivity index (χ1) is 14.3. The maximum absolute atomic E-state index is 12.8. The largest absolute Gasteiger partial charge is 0.487 e. The molecule has 0 atom stereocenters. The minimum Gasteiger partial charge on any atom is -0.487 e. The normalized spacial score (nSPS) is 14.4. The second kappa shape index (κ2) is 7.86. The van der Waals surface area contributed by atoms with Gasteiger partial charge in [0.15, 0.2) is 0 Å². The molecule has 1 aliphatic rings. The molecule has 1 aliphatic heterocycles. The molecule has 1 saturated heterocycles. The van der Waals surface area contributed by atoms with Crippen LogP contribution in [0.4, 0.5) is 10.5 Å². The lowest BCUT2D eigenvalue weighted by Gasteiger charge is -2.21. The van der Waals surface area contributed by atoms with Crippen LogP contribution in [0.15, 0.2) is 54.6 Å². The molecule has 0 spiro atoms. The van der Waals surface area contributed by atoms with E-state index in [1.165, 1.54) is 0 Å². The molecular weight excluding hydrogens is 380 g/mol. The van der Waals surface area contributed by atoms with E-state index in [9.17, 15) is 9.59 Å². The molecule has 2 heterocycles. The van der Waals surface area contributed by atoms with Crippen LogP contribution in [0.2, 0.25) is 0 Å². The molecule has 1 amide bonds. The molecule has 6 nitrogen and oxygen atoms in total. The first kappa shape index (κ1) is 20.0. The summed E-state index contributed by atoms with van der Waals surface area (Å²) in [5.74, 6) is 0.830. The predicted molar refractivity (Wildman–Crippen MR) is 116 cm³/mol. The van der Waals surface area contributed by atoms with Crippen molar-refractivity contribution in [3.05, 3.63) is 60.3 Å². The van der Waals surface area contributed by atoms with Gasteiger partial charge in [-0.1, -0.05) is 18.2 Å². The molecule has 0 bridgehead atoms. The number of rotatable bonds is 4. The van der Waals surface area contributed by atoms with Gasteiger partial charge in [-0.3, -0.25) is 4.79 Å². The van der Waals surface area contributed by atoms with Crippen molar-refractivity contribution < 1.29 is 19.1 Å². The van der Waals surface area contributed by atoms with Crippen LogP contribution in [0.5, 0.6) is 5.75 Å². The zero-order valence-electron chi connectivity index (χ0n) is 17.6. The smallest absolute Gasteiger partial charge is 0.419 e. The summed E-state index contributed by atoms with van der Waals surface area (Å²) in [4.78, 5) is 26.5. The number of hydrogen-bond acceptors (Lipinski definition) is 4. The molecule has 0 unspecified atom stereocenters. The van der Waals surface area contributed by atoms with Crippen LogP contribution in [0, 0.1) is 0 Å². The van der Waals surface area contributed by atoms with Crippen molar-refractivity contribution in [2.45, 2.75) is 45.8 Å². The molecule has 3 aromatic rings. The summed E-state index contributed by atoms with van der Waals surface area (Å²) >= 11 is 0. The molecule has 30 heavy (non-hydrogen) atoms. The van der Waals surface area contributed by atoms with Gasteiger partial charge in [-0.2, -0.15) is 0 Å². The third-order valence-corrected chi connectivity index (χ3v) is 4.97. The van der Waals surface area contributed by atoms with E-state index in [1.807, 2.05) is 75.4 Å². The molecule has 156 valence electrons. The fourth-order valence-electron chi connectivity index (χ4n) is 3.64. The molecule has 0 aliphatic carbocycles. The highest BCUT2D eigenvalue weighted by Crippen LogP contribution is 2.26. The van der Waals surface area contributed by atoms with E-state index in [2.05, 4.69) is 0 Å². The van der Waals surface area contributed by atoms with Gasteiger partial charge in [0.2, 0.25) is 5.91 Å². The maximum atomic E-state index is 12.8. The van der Waals surface area contributed by atoms with Crippen molar-refractivity contribution in [1.29, 1.82) is 0 Å². The van der Waals surface area contributed by atoms with Gasteiger partial charge in [-0.25, -0.2) is 9.36 Å². The van der Waals surface area contributed by atoms with E-state index in [4.69, 9.17) is 9.47 Å². The summed E-state index contributed by atoms with van der Waals surface area (Å²) in [6, 6.07) is 17.1. The maximum Gasteiger partial charge on any atom is 0.419 e. The number of hydrogen-bond donors (Lipinski definition) is 0. The minimum absolute atomic E-state index is 0.158. The average molecular weight is 406 g/mol. The standard InChI is InChI=1S/C24H26N2O4/c1-24(2,3)30-23(28)26-19(15-17-7-4-5-8-21(17)26)16-29-20-12-10-18(11-13-20)25-14-6-9-22(25)27/h4-5,7-8,10-13,15H,6,9,14,16H2,1-3H3. The van der Waals surface area contributed by atoms with Crippen LogP contribution >= 0.6 is 0 Å². The molecular formula is C24H26N2O4. The average Bonchev–Trinajstić information content (AvgIpc) is 3.28. The lowest BCUT2D eigenvalue weighted by Crippen LogP contribution is -2.28. The third kappa shape index (κ3) is 4.17. The minimum atomic E-state index is -0.594. The van der Waals surface area contributed by atoms with E-state index in [0.29, 0.717) is 17.9 Å². The predicted octanol–water partition coefficient (Wildman–Crippen LogP) is 5.13. The molecule has 2 aromatic carbocycles. The van der Waals surface area contributed by atoms with Crippen LogP contribution in [-0.4, -0.2) is 28.7 Å². The fraction of sp³-hybridized carbons (Fsp3) is 0.333. The van der Waals surface area contributed by atoms with E-state index in [-0.39, 0.29) is 12.5 Å². The molecule has 0 saturated carbocycles. The van der Waals surface area contributed by atoms with Crippen LogP contribution < -0.4 is 9.64 Å². The van der Waals surface area contributed by atoms with Gasteiger partial charge in [0.05, 0.1) is 11.2 Å². The van der Waals surface area contributed by atoms with E-state index in [0.717, 1.165) is 29.6 Å². The molecule has 1 fully saturated rings. The van der Waals surface area contributed by atoms with Gasteiger partial charge in [0.25, 0.3) is 0 Å². The van der Waals surface area contributed by atoms with Crippen LogP contribution in [-0.2, 0) is 16.1 Å². The zero-order chi connectivity index (χ0) is 21.3. The van der Waals surface area contributed by atoms with Crippen molar-refractivity contribution in [2.24, 2.45) is 0 Å². The summed E-state index contributed by atoms with van der Waals surface area (Å²) in [5, 5.41) is 0.949. The van der Waals surface area contributed by atoms with Crippen molar-refractivity contribution in [3.8, 4) is 5.75 Å². The Morgan fingerprint density at radius 2 is 1.80 bits per heavy atom. The number of ether oxygens (including phenoxy) is 2. The van der Waals surface area contributed by atoms with Crippen molar-refractivity contribution in [1.82, 2.24) is 4.57 Å². The summed E-state index contributed by atoms with van der Waals surface area (Å²) < 4.78 is 13.1. The lowest BCUT2D eigenvalue weighted by atomic mass is 10.2. The highest BCUT2D eigenvalue weighted by atomic mass is 16.6. The Kier molecular flexibility index (Phi) is 5.24. The quantitative estimate of drug-likeness (QED) is 0.603. The van der Waals surface area contributed by atoms with E-state index >= 15 is 0 Å². The third-order valence-electron chi connectivity index (χ3n) is 4.97. The Morgan fingerprint density at radius 1 is 1.07 bits per heavy atom. The van der Waals surface area contributed by atoms with Gasteiger partial charge < -0.3 is 14.4 Å². The monoisotopic (exact) mass is 406 g/mol. The second-order valence-corrected chi connectivity index (χ2v) is 8.44. The van der Waals surface area contributed by atoms with Gasteiger partial charge in [0.1, 0.15) is 18.0 Å². The van der Waals surface area contributed by atoms with Crippen molar-refractivity contribution in [3.63, 3.8) is 0 Å². The van der Waals surface area contributed by atoms with Gasteiger partial charge >= 0.3 is 6.09 Å². The molecule has 6 heteroatoms. The Hall–Kier alpha value is -3.28. The second-order valence-electron chi connectivity index (χ2n) is 8.44. The number of benzene rings is 2. The van der Waals surface area contributed by atoms with Crippen molar-refractivity contribution >= 4 is 28.6 Å². The topological polar surface area (TPSA) is 60.8 Å². The summed E-state index contributed by atoms with van der Waals surface area (Å²) in [6.45, 7) is 6.52. The number of fused-ring (bicyclic) bond motifs is 1. The van der Waals surface area contributed by atoms with Gasteiger partial charge in [-0.05, 0) is 63.6 Å². The fourth-order valence-corrected chi connectivity index (χ4v) is 3.64. The Labute approximate surface area is 176 Å². The molecule has 0 radical (unpaired) electrons. The van der Waals surface area contributed by atoms with Gasteiger partial charge in [0, 0.05) is 24.0 Å². The number of amides is 1. The summed E-state index contributed by atoms with van der Waals surface area (Å²) in [7, 11) is 0. The number of aromatic nitrogens is 1. The van der Waals surface area contributed by atoms with Crippen molar-refractivity contribution in [2.75, 3.05) is 11.4 Å².